The van der Waals surface area contributed by atoms with E-state index in [1.54, 1.807) is 6.92 Å². The fraction of sp³-hybridized carbons (Fsp3) is 0.429. The molecule has 4 N–H and O–H groups in total. The molecule has 1 unspecified atom stereocenters. The third-order valence-electron chi connectivity index (χ3n) is 2.78. The van der Waals surface area contributed by atoms with Crippen molar-refractivity contribution in [1.29, 1.82) is 5.41 Å². The summed E-state index contributed by atoms with van der Waals surface area (Å²) in [6.07, 6.45) is 1.81. The molecule has 0 radical (unpaired) electrons. The first kappa shape index (κ1) is 16.0. The molecule has 6 heteroatoms. The number of carboxylic acids is 1. The summed E-state index contributed by atoms with van der Waals surface area (Å²) in [5, 5.41) is 17.8. The van der Waals surface area contributed by atoms with E-state index in [1.165, 1.54) is 5.06 Å². The van der Waals surface area contributed by atoms with Crippen LogP contribution in [0.5, 0.6) is 5.75 Å². The Kier molecular flexibility index (Phi) is 6.52. The summed E-state index contributed by atoms with van der Waals surface area (Å²) in [5.74, 6) is -0.0108. The van der Waals surface area contributed by atoms with Crippen LogP contribution in [0.1, 0.15) is 26.2 Å². The molecule has 110 valence electrons. The summed E-state index contributed by atoms with van der Waals surface area (Å²) in [7, 11) is 0. The monoisotopic (exact) mass is 279 g/mol. The zero-order chi connectivity index (χ0) is 15.0. The summed E-state index contributed by atoms with van der Waals surface area (Å²) in [4.78, 5) is 16.2. The third kappa shape index (κ3) is 5.71. The molecule has 0 bridgehead atoms. The van der Waals surface area contributed by atoms with Crippen LogP contribution < -0.4 is 10.6 Å². The molecule has 0 aliphatic heterocycles. The van der Waals surface area contributed by atoms with Crippen molar-refractivity contribution in [2.45, 2.75) is 32.2 Å². The van der Waals surface area contributed by atoms with Crippen molar-refractivity contribution in [2.24, 2.45) is 5.73 Å². The molecule has 0 aliphatic carbocycles. The van der Waals surface area contributed by atoms with Crippen molar-refractivity contribution >= 4 is 11.8 Å². The molecule has 1 aromatic carbocycles. The van der Waals surface area contributed by atoms with Gasteiger partial charge in [0.2, 0.25) is 0 Å². The lowest BCUT2D eigenvalue weighted by Gasteiger charge is -2.23. The lowest BCUT2D eigenvalue weighted by molar-refractivity contribution is -0.138. The lowest BCUT2D eigenvalue weighted by Crippen LogP contribution is -2.33. The molecule has 6 nitrogen and oxygen atoms in total. The first-order valence-corrected chi connectivity index (χ1v) is 6.55. The van der Waals surface area contributed by atoms with Crippen LogP contribution in [0.3, 0.4) is 0 Å². The standard InChI is InChI=1S/C14H21N3O3/c1-11(15)17(20-12-7-3-2-4-8-12)10-6-5-9-13(16)14(18)19/h2-4,7-8,13,15H,5-6,9-10,16H2,1H3,(H,18,19). The maximum atomic E-state index is 10.6. The van der Waals surface area contributed by atoms with E-state index in [-0.39, 0.29) is 0 Å². The minimum absolute atomic E-state index is 0.302. The van der Waals surface area contributed by atoms with Gasteiger partial charge in [0.15, 0.2) is 5.75 Å². The van der Waals surface area contributed by atoms with Crippen LogP contribution in [0.15, 0.2) is 30.3 Å². The minimum Gasteiger partial charge on any atom is -0.480 e. The number of hydrogen-bond donors (Lipinski definition) is 3. The van der Waals surface area contributed by atoms with Crippen LogP contribution in [-0.2, 0) is 4.79 Å². The fourth-order valence-corrected chi connectivity index (χ4v) is 1.63. The van der Waals surface area contributed by atoms with Gasteiger partial charge in [0, 0.05) is 0 Å². The second-order valence-electron chi connectivity index (χ2n) is 4.53. The molecule has 0 spiro atoms. The number of hydroxylamine groups is 2. The number of unbranched alkanes of at least 4 members (excludes halogenated alkanes) is 1. The molecule has 0 aromatic heterocycles. The topological polar surface area (TPSA) is 99.6 Å². The number of nitrogens with zero attached hydrogens (tertiary/aromatic N) is 1. The van der Waals surface area contributed by atoms with E-state index in [1.807, 2.05) is 30.3 Å². The Morgan fingerprint density at radius 2 is 2.05 bits per heavy atom. The first-order valence-electron chi connectivity index (χ1n) is 6.55. The van der Waals surface area contributed by atoms with Gasteiger partial charge < -0.3 is 15.7 Å². The van der Waals surface area contributed by atoms with Crippen molar-refractivity contribution in [3.05, 3.63) is 30.3 Å². The van der Waals surface area contributed by atoms with Crippen LogP contribution in [-0.4, -0.2) is 34.6 Å². The number of amidine groups is 1. The number of carboxylic acid groups (broad SMARTS) is 1. The fourth-order valence-electron chi connectivity index (χ4n) is 1.63. The van der Waals surface area contributed by atoms with Crippen molar-refractivity contribution in [3.63, 3.8) is 0 Å². The summed E-state index contributed by atoms with van der Waals surface area (Å²) in [6.45, 7) is 2.17. The van der Waals surface area contributed by atoms with Crippen LogP contribution in [0.25, 0.3) is 0 Å². The van der Waals surface area contributed by atoms with Crippen molar-refractivity contribution < 1.29 is 14.7 Å². The number of carbonyl (C=O) groups is 1. The molecule has 0 saturated carbocycles. The SMILES string of the molecule is CC(=N)N(CCCCC(N)C(=O)O)Oc1ccccc1. The van der Waals surface area contributed by atoms with Crippen LogP contribution in [0.2, 0.25) is 0 Å². The Morgan fingerprint density at radius 1 is 1.40 bits per heavy atom. The molecule has 0 fully saturated rings. The predicted octanol–water partition coefficient (Wildman–Crippen LogP) is 1.86. The minimum atomic E-state index is -0.981. The summed E-state index contributed by atoms with van der Waals surface area (Å²) in [5.41, 5.74) is 5.43. The van der Waals surface area contributed by atoms with E-state index in [4.69, 9.17) is 21.1 Å². The first-order chi connectivity index (χ1) is 9.50. The normalized spacial score (nSPS) is 11.7. The zero-order valence-electron chi connectivity index (χ0n) is 11.6. The molecule has 0 heterocycles. The van der Waals surface area contributed by atoms with Crippen molar-refractivity contribution in [1.82, 2.24) is 5.06 Å². The highest BCUT2D eigenvalue weighted by Crippen LogP contribution is 2.12. The Labute approximate surface area is 118 Å². The maximum absolute atomic E-state index is 10.6. The lowest BCUT2D eigenvalue weighted by atomic mass is 10.1. The number of nitrogens with two attached hydrogens (primary N) is 1. The summed E-state index contributed by atoms with van der Waals surface area (Å²) >= 11 is 0. The average molecular weight is 279 g/mol. The van der Waals surface area contributed by atoms with Crippen LogP contribution in [0, 0.1) is 5.41 Å². The smallest absolute Gasteiger partial charge is 0.320 e. The molecule has 0 aliphatic rings. The van der Waals surface area contributed by atoms with Gasteiger partial charge in [0.1, 0.15) is 11.9 Å². The summed E-state index contributed by atoms with van der Waals surface area (Å²) in [6, 6.07) is 8.42. The highest BCUT2D eigenvalue weighted by Gasteiger charge is 2.12. The predicted molar refractivity (Wildman–Crippen MR) is 76.6 cm³/mol. The van der Waals surface area contributed by atoms with E-state index in [0.29, 0.717) is 37.4 Å². The molecule has 1 atom stereocenters. The molecular formula is C14H21N3O3. The Morgan fingerprint density at radius 3 is 2.60 bits per heavy atom. The molecule has 0 amide bonds. The van der Waals surface area contributed by atoms with Gasteiger partial charge >= 0.3 is 5.97 Å². The van der Waals surface area contributed by atoms with Crippen molar-refractivity contribution in [3.8, 4) is 5.75 Å². The van der Waals surface area contributed by atoms with Gasteiger partial charge in [-0.25, -0.2) is 0 Å². The quantitative estimate of drug-likeness (QED) is 0.292. The van der Waals surface area contributed by atoms with E-state index < -0.39 is 12.0 Å². The van der Waals surface area contributed by atoms with Gasteiger partial charge in [0.25, 0.3) is 0 Å². The Hall–Kier alpha value is -2.08. The number of hydrogen-bond acceptors (Lipinski definition) is 4. The number of rotatable bonds is 8. The molecule has 1 aromatic rings. The van der Waals surface area contributed by atoms with E-state index in [0.717, 1.165) is 0 Å². The van der Waals surface area contributed by atoms with E-state index in [2.05, 4.69) is 0 Å². The molecule has 0 saturated heterocycles. The number of nitrogens with one attached hydrogen (secondary N) is 1. The number of aliphatic carboxylic acids is 1. The van der Waals surface area contributed by atoms with Gasteiger partial charge in [-0.3, -0.25) is 10.2 Å². The highest BCUT2D eigenvalue weighted by molar-refractivity contribution is 5.75. The molecular weight excluding hydrogens is 258 g/mol. The second kappa shape index (κ2) is 8.16. The average Bonchev–Trinajstić information content (AvgIpc) is 2.42. The molecule has 1 rings (SSSR count). The third-order valence-corrected chi connectivity index (χ3v) is 2.78. The van der Waals surface area contributed by atoms with Crippen LogP contribution >= 0.6 is 0 Å². The molecule has 20 heavy (non-hydrogen) atoms. The van der Waals surface area contributed by atoms with Gasteiger partial charge in [-0.15, -0.1) is 0 Å². The number of benzene rings is 1. The second-order valence-corrected chi connectivity index (χ2v) is 4.53. The van der Waals surface area contributed by atoms with Crippen LogP contribution in [0.4, 0.5) is 0 Å². The van der Waals surface area contributed by atoms with Crippen molar-refractivity contribution in [2.75, 3.05) is 6.54 Å². The largest absolute Gasteiger partial charge is 0.480 e. The van der Waals surface area contributed by atoms with Gasteiger partial charge in [-0.2, -0.15) is 5.06 Å². The number of para-hydroxylation sites is 1. The maximum Gasteiger partial charge on any atom is 0.320 e. The zero-order valence-corrected chi connectivity index (χ0v) is 11.6. The summed E-state index contributed by atoms with van der Waals surface area (Å²) < 4.78 is 0. The van der Waals surface area contributed by atoms with Gasteiger partial charge in [-0.1, -0.05) is 18.2 Å². The van der Waals surface area contributed by atoms with E-state index in [9.17, 15) is 4.79 Å². The van der Waals surface area contributed by atoms with E-state index >= 15 is 0 Å². The highest BCUT2D eigenvalue weighted by atomic mass is 16.7. The van der Waals surface area contributed by atoms with Gasteiger partial charge in [0.05, 0.1) is 6.54 Å². The Bertz CT molecular complexity index is 437. The Balaban J connectivity index is 2.37. The van der Waals surface area contributed by atoms with Gasteiger partial charge in [-0.05, 0) is 38.3 Å².